The smallest absolute Gasteiger partial charge is 0.224 e. The molecule has 1 saturated heterocycles. The van der Waals surface area contributed by atoms with Crippen LogP contribution < -0.4 is 10.6 Å². The van der Waals surface area contributed by atoms with Gasteiger partial charge in [-0.3, -0.25) is 4.79 Å². The van der Waals surface area contributed by atoms with Crippen LogP contribution in [0.25, 0.3) is 0 Å². The van der Waals surface area contributed by atoms with Gasteiger partial charge in [-0.25, -0.2) is 0 Å². The van der Waals surface area contributed by atoms with Crippen LogP contribution in [0.15, 0.2) is 17.5 Å². The first kappa shape index (κ1) is 13.5. The maximum Gasteiger partial charge on any atom is 0.224 e. The van der Waals surface area contributed by atoms with Crippen molar-refractivity contribution in [2.45, 2.75) is 19.4 Å². The van der Waals surface area contributed by atoms with Crippen LogP contribution in [0.2, 0.25) is 0 Å². The Morgan fingerprint density at radius 3 is 3.06 bits per heavy atom. The van der Waals surface area contributed by atoms with E-state index >= 15 is 0 Å². The summed E-state index contributed by atoms with van der Waals surface area (Å²) >= 11 is 1.69. The number of thiophene rings is 1. The van der Waals surface area contributed by atoms with Gasteiger partial charge >= 0.3 is 0 Å². The van der Waals surface area contributed by atoms with Gasteiger partial charge in [-0.05, 0) is 31.3 Å². The van der Waals surface area contributed by atoms with Crippen LogP contribution in [0.1, 0.15) is 24.3 Å². The zero-order chi connectivity index (χ0) is 10.7. The van der Waals surface area contributed by atoms with Crippen LogP contribution in [-0.4, -0.2) is 19.0 Å². The minimum Gasteiger partial charge on any atom is -0.348 e. The number of rotatable bonds is 3. The highest BCUT2D eigenvalue weighted by molar-refractivity contribution is 7.10. The van der Waals surface area contributed by atoms with Crippen LogP contribution in [-0.2, 0) is 4.79 Å². The zero-order valence-electron chi connectivity index (χ0n) is 9.23. The van der Waals surface area contributed by atoms with Gasteiger partial charge in [0.25, 0.3) is 0 Å². The minimum atomic E-state index is 0. The molecule has 1 amide bonds. The second kappa shape index (κ2) is 6.23. The molecule has 0 aromatic carbocycles. The topological polar surface area (TPSA) is 41.1 Å². The standard InChI is InChI=1S/C11H16N2OS.ClH/c1-8(10-3-2-6-15-10)13-11(14)9-4-5-12-7-9;/h2-3,6,8-9,12H,4-5,7H2,1H3,(H,13,14);1H/t8?,9-;/m1./s1. The quantitative estimate of drug-likeness (QED) is 0.872. The highest BCUT2D eigenvalue weighted by Crippen LogP contribution is 2.19. The fourth-order valence-electron chi connectivity index (χ4n) is 1.82. The van der Waals surface area contributed by atoms with Gasteiger partial charge in [-0.2, -0.15) is 0 Å². The summed E-state index contributed by atoms with van der Waals surface area (Å²) in [6, 6.07) is 4.21. The summed E-state index contributed by atoms with van der Waals surface area (Å²) in [5.74, 6) is 0.341. The van der Waals surface area contributed by atoms with Gasteiger partial charge in [-0.15, -0.1) is 23.7 Å². The third-order valence-electron chi connectivity index (χ3n) is 2.76. The average molecular weight is 261 g/mol. The molecule has 1 aliphatic rings. The van der Waals surface area contributed by atoms with Crippen molar-refractivity contribution in [3.8, 4) is 0 Å². The van der Waals surface area contributed by atoms with E-state index in [1.165, 1.54) is 4.88 Å². The summed E-state index contributed by atoms with van der Waals surface area (Å²) < 4.78 is 0. The van der Waals surface area contributed by atoms with Gasteiger partial charge in [0.2, 0.25) is 5.91 Å². The Kier molecular flexibility index (Phi) is 5.25. The van der Waals surface area contributed by atoms with Crippen LogP contribution in [0.5, 0.6) is 0 Å². The lowest BCUT2D eigenvalue weighted by Crippen LogP contribution is -2.33. The Labute approximate surface area is 106 Å². The molecular weight excluding hydrogens is 244 g/mol. The number of carbonyl (C=O) groups is 1. The molecule has 0 aliphatic carbocycles. The normalized spacial score (nSPS) is 21.2. The van der Waals surface area contributed by atoms with Crippen molar-refractivity contribution in [1.82, 2.24) is 10.6 Å². The average Bonchev–Trinajstić information content (AvgIpc) is 2.91. The first-order valence-electron chi connectivity index (χ1n) is 5.32. The van der Waals surface area contributed by atoms with E-state index in [9.17, 15) is 4.79 Å². The molecule has 5 heteroatoms. The fraction of sp³-hybridized carbons (Fsp3) is 0.545. The van der Waals surface area contributed by atoms with E-state index in [1.54, 1.807) is 11.3 Å². The maximum atomic E-state index is 11.8. The van der Waals surface area contributed by atoms with E-state index in [0.717, 1.165) is 19.5 Å². The summed E-state index contributed by atoms with van der Waals surface area (Å²) in [6.45, 7) is 3.82. The number of nitrogens with one attached hydrogen (secondary N) is 2. The van der Waals surface area contributed by atoms with Crippen molar-refractivity contribution in [2.24, 2.45) is 5.92 Å². The van der Waals surface area contributed by atoms with E-state index in [2.05, 4.69) is 16.7 Å². The van der Waals surface area contributed by atoms with E-state index in [1.807, 2.05) is 18.4 Å². The molecule has 0 spiro atoms. The second-order valence-corrected chi connectivity index (χ2v) is 4.91. The molecule has 2 N–H and O–H groups in total. The van der Waals surface area contributed by atoms with Crippen molar-refractivity contribution in [3.63, 3.8) is 0 Å². The predicted octanol–water partition coefficient (Wildman–Crippen LogP) is 1.96. The van der Waals surface area contributed by atoms with Crippen molar-refractivity contribution >= 4 is 29.7 Å². The summed E-state index contributed by atoms with van der Waals surface area (Å²) in [5.41, 5.74) is 0. The molecule has 1 aromatic rings. The van der Waals surface area contributed by atoms with E-state index in [0.29, 0.717) is 0 Å². The number of hydrogen-bond acceptors (Lipinski definition) is 3. The molecule has 2 rings (SSSR count). The number of hydrogen-bond donors (Lipinski definition) is 2. The Balaban J connectivity index is 0.00000128. The summed E-state index contributed by atoms with van der Waals surface area (Å²) in [4.78, 5) is 13.0. The summed E-state index contributed by atoms with van der Waals surface area (Å²) in [5, 5.41) is 8.30. The Morgan fingerprint density at radius 2 is 2.50 bits per heavy atom. The largest absolute Gasteiger partial charge is 0.348 e. The lowest BCUT2D eigenvalue weighted by Gasteiger charge is -2.15. The highest BCUT2D eigenvalue weighted by atomic mass is 35.5. The Bertz CT molecular complexity index is 323. The Hall–Kier alpha value is -0.580. The number of carbonyl (C=O) groups excluding carboxylic acids is 1. The molecular formula is C11H17ClN2OS. The molecule has 1 unspecified atom stereocenters. The molecule has 1 aliphatic heterocycles. The maximum absolute atomic E-state index is 11.8. The first-order valence-corrected chi connectivity index (χ1v) is 6.20. The van der Waals surface area contributed by atoms with E-state index in [-0.39, 0.29) is 30.3 Å². The number of amides is 1. The van der Waals surface area contributed by atoms with Crippen LogP contribution in [0.3, 0.4) is 0 Å². The minimum absolute atomic E-state index is 0. The highest BCUT2D eigenvalue weighted by Gasteiger charge is 2.23. The monoisotopic (exact) mass is 260 g/mol. The summed E-state index contributed by atoms with van der Waals surface area (Å²) in [7, 11) is 0. The van der Waals surface area contributed by atoms with Crippen molar-refractivity contribution in [3.05, 3.63) is 22.4 Å². The molecule has 2 atom stereocenters. The van der Waals surface area contributed by atoms with Gasteiger partial charge < -0.3 is 10.6 Å². The number of halogens is 1. The zero-order valence-corrected chi connectivity index (χ0v) is 10.9. The lowest BCUT2D eigenvalue weighted by molar-refractivity contribution is -0.125. The molecule has 0 saturated carbocycles. The molecule has 0 bridgehead atoms. The van der Waals surface area contributed by atoms with Gasteiger partial charge in [-0.1, -0.05) is 6.07 Å². The predicted molar refractivity (Wildman–Crippen MR) is 69.1 cm³/mol. The fourth-order valence-corrected chi connectivity index (χ4v) is 2.55. The molecule has 3 nitrogen and oxygen atoms in total. The van der Waals surface area contributed by atoms with E-state index in [4.69, 9.17) is 0 Å². The lowest BCUT2D eigenvalue weighted by atomic mass is 10.1. The van der Waals surface area contributed by atoms with Crippen LogP contribution in [0.4, 0.5) is 0 Å². The van der Waals surface area contributed by atoms with Gasteiger partial charge in [0.15, 0.2) is 0 Å². The van der Waals surface area contributed by atoms with Gasteiger partial charge in [0.05, 0.1) is 12.0 Å². The molecule has 2 heterocycles. The van der Waals surface area contributed by atoms with Crippen molar-refractivity contribution in [2.75, 3.05) is 13.1 Å². The first-order chi connectivity index (χ1) is 7.27. The molecule has 1 fully saturated rings. The third-order valence-corrected chi connectivity index (χ3v) is 3.81. The second-order valence-electron chi connectivity index (χ2n) is 3.94. The third kappa shape index (κ3) is 3.20. The SMILES string of the molecule is CC(NC(=O)[C@@H]1CCNC1)c1cccs1.Cl. The molecule has 90 valence electrons. The Morgan fingerprint density at radius 1 is 1.69 bits per heavy atom. The van der Waals surface area contributed by atoms with Crippen molar-refractivity contribution in [1.29, 1.82) is 0 Å². The molecule has 1 aromatic heterocycles. The van der Waals surface area contributed by atoms with Crippen LogP contribution in [0, 0.1) is 5.92 Å². The van der Waals surface area contributed by atoms with Gasteiger partial charge in [0, 0.05) is 11.4 Å². The van der Waals surface area contributed by atoms with Crippen molar-refractivity contribution < 1.29 is 4.79 Å². The summed E-state index contributed by atoms with van der Waals surface area (Å²) in [6.07, 6.45) is 0.961. The molecule has 16 heavy (non-hydrogen) atoms. The molecule has 0 radical (unpaired) electrons. The van der Waals surface area contributed by atoms with Crippen LogP contribution >= 0.6 is 23.7 Å². The van der Waals surface area contributed by atoms with Gasteiger partial charge in [0.1, 0.15) is 0 Å². The van der Waals surface area contributed by atoms with E-state index < -0.39 is 0 Å².